The van der Waals surface area contributed by atoms with Crippen LogP contribution in [0.3, 0.4) is 0 Å². The Morgan fingerprint density at radius 3 is 2.44 bits per heavy atom. The fraction of sp³-hybridized carbons (Fsp3) is 0.421. The quantitative estimate of drug-likeness (QED) is 0.748. The zero-order valence-electron chi connectivity index (χ0n) is 15.6. The second kappa shape index (κ2) is 8.57. The minimum atomic E-state index is -0.428. The number of ether oxygens (including phenoxy) is 2. The number of rotatable bonds is 5. The molecule has 8 nitrogen and oxygen atoms in total. The largest absolute Gasteiger partial charge is 0.461 e. The van der Waals surface area contributed by atoms with Crippen LogP contribution in [0.5, 0.6) is 0 Å². The average molecular weight is 372 g/mol. The van der Waals surface area contributed by atoms with Gasteiger partial charge in [0.15, 0.2) is 5.69 Å². The van der Waals surface area contributed by atoms with Crippen molar-refractivity contribution in [3.63, 3.8) is 0 Å². The summed E-state index contributed by atoms with van der Waals surface area (Å²) in [5.74, 6) is 0.401. The van der Waals surface area contributed by atoms with Crippen LogP contribution in [0.25, 0.3) is 0 Å². The molecule has 0 spiro atoms. The maximum absolute atomic E-state index is 12.3. The first-order chi connectivity index (χ1) is 13.1. The minimum Gasteiger partial charge on any atom is -0.461 e. The van der Waals surface area contributed by atoms with Gasteiger partial charge in [-0.1, -0.05) is 30.3 Å². The molecule has 1 aliphatic rings. The Morgan fingerprint density at radius 2 is 1.78 bits per heavy atom. The van der Waals surface area contributed by atoms with Crippen molar-refractivity contribution in [1.82, 2.24) is 14.7 Å². The van der Waals surface area contributed by atoms with Gasteiger partial charge in [0.25, 0.3) is 0 Å². The number of nitrogens with zero attached hydrogens (tertiary/aromatic N) is 4. The van der Waals surface area contributed by atoms with E-state index < -0.39 is 5.97 Å². The Labute approximate surface area is 158 Å². The maximum Gasteiger partial charge on any atom is 0.410 e. The van der Waals surface area contributed by atoms with Gasteiger partial charge in [0, 0.05) is 39.3 Å². The van der Waals surface area contributed by atoms with Gasteiger partial charge in [-0.25, -0.2) is 9.59 Å². The van der Waals surface area contributed by atoms with Crippen LogP contribution in [0.15, 0.2) is 36.4 Å². The Bertz CT molecular complexity index is 782. The number of hydrogen-bond donors (Lipinski definition) is 0. The first-order valence-electron chi connectivity index (χ1n) is 9.00. The van der Waals surface area contributed by atoms with Gasteiger partial charge in [-0.05, 0) is 12.5 Å². The number of amides is 1. The number of carbonyl (C=O) groups is 2. The summed E-state index contributed by atoms with van der Waals surface area (Å²) >= 11 is 0. The molecule has 1 aromatic carbocycles. The van der Waals surface area contributed by atoms with Gasteiger partial charge in [-0.15, -0.1) is 0 Å². The third-order valence-corrected chi connectivity index (χ3v) is 4.41. The molecule has 8 heteroatoms. The normalized spacial score (nSPS) is 14.1. The maximum atomic E-state index is 12.3. The summed E-state index contributed by atoms with van der Waals surface area (Å²) in [5.41, 5.74) is 1.25. The molecule has 0 saturated carbocycles. The number of benzene rings is 1. The highest BCUT2D eigenvalue weighted by Gasteiger charge is 2.25. The van der Waals surface area contributed by atoms with Crippen molar-refractivity contribution in [1.29, 1.82) is 0 Å². The predicted molar refractivity (Wildman–Crippen MR) is 99.6 cm³/mol. The standard InChI is InChI=1S/C19H24N4O4/c1-3-26-18(24)16-13-17(21(2)20-16)22-9-11-23(12-10-22)19(25)27-14-15-7-5-4-6-8-15/h4-8,13H,3,9-12,14H2,1-2H3. The van der Waals surface area contributed by atoms with Crippen molar-refractivity contribution in [2.45, 2.75) is 13.5 Å². The molecule has 1 saturated heterocycles. The molecule has 3 rings (SSSR count). The van der Waals surface area contributed by atoms with Crippen LogP contribution >= 0.6 is 0 Å². The van der Waals surface area contributed by atoms with E-state index in [1.807, 2.05) is 30.3 Å². The SMILES string of the molecule is CCOC(=O)c1cc(N2CCN(C(=O)OCc3ccccc3)CC2)n(C)n1. The number of hydrogen-bond acceptors (Lipinski definition) is 6. The molecule has 144 valence electrons. The van der Waals surface area contributed by atoms with Crippen LogP contribution in [-0.2, 0) is 23.1 Å². The molecule has 1 aliphatic heterocycles. The van der Waals surface area contributed by atoms with Gasteiger partial charge in [-0.2, -0.15) is 5.10 Å². The summed E-state index contributed by atoms with van der Waals surface area (Å²) in [6.45, 7) is 4.72. The molecule has 1 amide bonds. The summed E-state index contributed by atoms with van der Waals surface area (Å²) in [6.07, 6.45) is -0.310. The molecule has 1 aromatic heterocycles. The van der Waals surface area contributed by atoms with Crippen LogP contribution in [0, 0.1) is 0 Å². The van der Waals surface area contributed by atoms with Crippen molar-refractivity contribution < 1.29 is 19.1 Å². The van der Waals surface area contributed by atoms with E-state index >= 15 is 0 Å². The van der Waals surface area contributed by atoms with Crippen LogP contribution in [-0.4, -0.2) is 59.5 Å². The molecule has 0 N–H and O–H groups in total. The number of aryl methyl sites for hydroxylation is 1. The molecule has 0 radical (unpaired) electrons. The van der Waals surface area contributed by atoms with Crippen LogP contribution in [0.1, 0.15) is 23.0 Å². The lowest BCUT2D eigenvalue weighted by Gasteiger charge is -2.35. The van der Waals surface area contributed by atoms with E-state index in [4.69, 9.17) is 9.47 Å². The van der Waals surface area contributed by atoms with Crippen molar-refractivity contribution >= 4 is 17.9 Å². The Hall–Kier alpha value is -3.03. The topological polar surface area (TPSA) is 76.9 Å². The molecule has 0 aliphatic carbocycles. The van der Waals surface area contributed by atoms with E-state index in [1.54, 1.807) is 29.6 Å². The Balaban J connectivity index is 1.52. The Morgan fingerprint density at radius 1 is 1.07 bits per heavy atom. The first kappa shape index (κ1) is 18.8. The highest BCUT2D eigenvalue weighted by atomic mass is 16.6. The van der Waals surface area contributed by atoms with Crippen LogP contribution in [0.4, 0.5) is 10.6 Å². The number of aromatic nitrogens is 2. The first-order valence-corrected chi connectivity index (χ1v) is 9.00. The monoisotopic (exact) mass is 372 g/mol. The van der Waals surface area contributed by atoms with E-state index in [0.29, 0.717) is 38.5 Å². The number of esters is 1. The highest BCUT2D eigenvalue weighted by Crippen LogP contribution is 2.18. The second-order valence-electron chi connectivity index (χ2n) is 6.25. The molecule has 0 atom stereocenters. The van der Waals surface area contributed by atoms with Crippen molar-refractivity contribution in [2.75, 3.05) is 37.7 Å². The number of piperazine rings is 1. The molecule has 27 heavy (non-hydrogen) atoms. The zero-order valence-corrected chi connectivity index (χ0v) is 15.6. The minimum absolute atomic E-state index is 0.268. The molecule has 2 aromatic rings. The summed E-state index contributed by atoms with van der Waals surface area (Å²) in [7, 11) is 1.79. The van der Waals surface area contributed by atoms with Gasteiger partial charge in [0.2, 0.25) is 0 Å². The lowest BCUT2D eigenvalue weighted by molar-refractivity contribution is 0.0518. The number of anilines is 1. The lowest BCUT2D eigenvalue weighted by Crippen LogP contribution is -2.49. The van der Waals surface area contributed by atoms with E-state index in [2.05, 4.69) is 10.00 Å². The van der Waals surface area contributed by atoms with Crippen LogP contribution in [0.2, 0.25) is 0 Å². The Kier molecular flexibility index (Phi) is 5.95. The van der Waals surface area contributed by atoms with Crippen molar-refractivity contribution in [3.05, 3.63) is 47.7 Å². The smallest absolute Gasteiger partial charge is 0.410 e. The summed E-state index contributed by atoms with van der Waals surface area (Å²) in [5, 5.41) is 4.22. The molecular formula is C19H24N4O4. The van der Waals surface area contributed by atoms with Gasteiger partial charge in [0.05, 0.1) is 6.61 Å². The highest BCUT2D eigenvalue weighted by molar-refractivity contribution is 5.88. The fourth-order valence-electron chi connectivity index (χ4n) is 2.99. The van der Waals surface area contributed by atoms with E-state index in [1.165, 1.54) is 0 Å². The van der Waals surface area contributed by atoms with Gasteiger partial charge in [-0.3, -0.25) is 4.68 Å². The van der Waals surface area contributed by atoms with Gasteiger partial charge >= 0.3 is 12.1 Å². The van der Waals surface area contributed by atoms with Gasteiger partial charge in [0.1, 0.15) is 12.4 Å². The molecule has 0 unspecified atom stereocenters. The molecular weight excluding hydrogens is 348 g/mol. The van der Waals surface area contributed by atoms with E-state index in [-0.39, 0.29) is 12.7 Å². The van der Waals surface area contributed by atoms with Crippen molar-refractivity contribution in [2.24, 2.45) is 7.05 Å². The van der Waals surface area contributed by atoms with Crippen LogP contribution < -0.4 is 4.90 Å². The fourth-order valence-corrected chi connectivity index (χ4v) is 2.99. The van der Waals surface area contributed by atoms with E-state index in [0.717, 1.165) is 11.4 Å². The summed E-state index contributed by atoms with van der Waals surface area (Å²) in [6, 6.07) is 11.3. The predicted octanol–water partition coefficient (Wildman–Crippen LogP) is 2.06. The van der Waals surface area contributed by atoms with Crippen molar-refractivity contribution in [3.8, 4) is 0 Å². The lowest BCUT2D eigenvalue weighted by atomic mass is 10.2. The zero-order chi connectivity index (χ0) is 19.2. The molecule has 0 bridgehead atoms. The van der Waals surface area contributed by atoms with E-state index in [9.17, 15) is 9.59 Å². The third-order valence-electron chi connectivity index (χ3n) is 4.41. The second-order valence-corrected chi connectivity index (χ2v) is 6.25. The van der Waals surface area contributed by atoms with Gasteiger partial charge < -0.3 is 19.3 Å². The molecule has 2 heterocycles. The third kappa shape index (κ3) is 4.58. The molecule has 1 fully saturated rings. The average Bonchev–Trinajstić information content (AvgIpc) is 3.09. The summed E-state index contributed by atoms with van der Waals surface area (Å²) < 4.78 is 12.0. The number of carbonyl (C=O) groups excluding carboxylic acids is 2. The summed E-state index contributed by atoms with van der Waals surface area (Å²) in [4.78, 5) is 27.9.